The summed E-state index contributed by atoms with van der Waals surface area (Å²) in [6.45, 7) is 1.40. The second-order valence-electron chi connectivity index (χ2n) is 1.87. The summed E-state index contributed by atoms with van der Waals surface area (Å²) in [5, 5.41) is 0. The van der Waals surface area contributed by atoms with Crippen molar-refractivity contribution in [3.05, 3.63) is 0 Å². The molecule has 1 heterocycles. The molecule has 0 atom stereocenters. The standard InChI is InChI=1S/C5H8O3S2.K.H/c9-5(10)8-4-1-6-3-7-2-4;;/h4H,1-3H2,(H,9,10);;. The predicted molar refractivity (Wildman–Crippen MR) is 50.4 cm³/mol. The summed E-state index contributed by atoms with van der Waals surface area (Å²) >= 11 is 8.41. The van der Waals surface area contributed by atoms with Gasteiger partial charge in [-0.25, -0.2) is 0 Å². The monoisotopic (exact) mass is 220 g/mol. The fraction of sp³-hybridized carbons (Fsp3) is 0.800. The van der Waals surface area contributed by atoms with Crippen LogP contribution in [-0.2, 0) is 14.2 Å². The van der Waals surface area contributed by atoms with E-state index in [4.69, 9.17) is 14.2 Å². The molecule has 1 rings (SSSR count). The minimum atomic E-state index is -0.0845. The number of thiol groups is 1. The van der Waals surface area contributed by atoms with Crippen LogP contribution in [-0.4, -0.2) is 81.9 Å². The predicted octanol–water partition coefficient (Wildman–Crippen LogP) is -0.0579. The average molecular weight is 220 g/mol. The normalized spacial score (nSPS) is 18.6. The Kier molecular flexibility index (Phi) is 8.40. The third kappa shape index (κ3) is 5.95. The molecule has 1 saturated heterocycles. The molecule has 1 fully saturated rings. The number of ether oxygens (including phenoxy) is 3. The summed E-state index contributed by atoms with van der Waals surface area (Å²) in [5.74, 6) is 0. The molecule has 1 aliphatic heterocycles. The van der Waals surface area contributed by atoms with Crippen molar-refractivity contribution < 1.29 is 14.2 Å². The van der Waals surface area contributed by atoms with E-state index in [0.29, 0.717) is 20.0 Å². The summed E-state index contributed by atoms with van der Waals surface area (Å²) in [6, 6.07) is 0. The molecule has 0 unspecified atom stereocenters. The van der Waals surface area contributed by atoms with Gasteiger partial charge in [0.2, 0.25) is 4.38 Å². The zero-order valence-corrected chi connectivity index (χ0v) is 6.99. The molecule has 0 saturated carbocycles. The van der Waals surface area contributed by atoms with Crippen molar-refractivity contribution in [1.82, 2.24) is 0 Å². The van der Waals surface area contributed by atoms with Crippen LogP contribution in [0, 0.1) is 0 Å². The molecule has 1 aliphatic rings. The van der Waals surface area contributed by atoms with Crippen LogP contribution < -0.4 is 0 Å². The maximum absolute atomic E-state index is 5.04. The van der Waals surface area contributed by atoms with Crippen LogP contribution in [0.3, 0.4) is 0 Å². The molecule has 0 N–H and O–H groups in total. The Morgan fingerprint density at radius 3 is 2.45 bits per heavy atom. The second-order valence-corrected chi connectivity index (χ2v) is 2.94. The van der Waals surface area contributed by atoms with Gasteiger partial charge in [-0.3, -0.25) is 0 Å². The summed E-state index contributed by atoms with van der Waals surface area (Å²) in [7, 11) is 0. The zero-order valence-electron chi connectivity index (χ0n) is 5.28. The van der Waals surface area contributed by atoms with E-state index >= 15 is 0 Å². The van der Waals surface area contributed by atoms with Crippen molar-refractivity contribution in [1.29, 1.82) is 0 Å². The average Bonchev–Trinajstić information content (AvgIpc) is 1.88. The molecule has 0 spiro atoms. The summed E-state index contributed by atoms with van der Waals surface area (Å²) in [6.07, 6.45) is -0.0845. The van der Waals surface area contributed by atoms with Crippen LogP contribution in [0.15, 0.2) is 0 Å². The summed E-state index contributed by atoms with van der Waals surface area (Å²) in [5.41, 5.74) is 0. The fourth-order valence-corrected chi connectivity index (χ4v) is 0.962. The van der Waals surface area contributed by atoms with Gasteiger partial charge in [-0.2, -0.15) is 0 Å². The van der Waals surface area contributed by atoms with Crippen LogP contribution in [0.4, 0.5) is 0 Å². The number of hydrogen-bond donors (Lipinski definition) is 1. The van der Waals surface area contributed by atoms with Crippen LogP contribution in [0.2, 0.25) is 0 Å². The van der Waals surface area contributed by atoms with E-state index in [-0.39, 0.29) is 61.9 Å². The molecule has 11 heavy (non-hydrogen) atoms. The van der Waals surface area contributed by atoms with E-state index in [2.05, 4.69) is 24.8 Å². The van der Waals surface area contributed by atoms with Crippen LogP contribution in [0.5, 0.6) is 0 Å². The van der Waals surface area contributed by atoms with Gasteiger partial charge in [0, 0.05) is 0 Å². The topological polar surface area (TPSA) is 27.7 Å². The van der Waals surface area contributed by atoms with Gasteiger partial charge in [0.1, 0.15) is 12.9 Å². The Hall–Kier alpha value is 1.80. The molecule has 3 nitrogen and oxygen atoms in total. The van der Waals surface area contributed by atoms with Crippen molar-refractivity contribution in [2.24, 2.45) is 0 Å². The molecule has 0 aromatic heterocycles. The van der Waals surface area contributed by atoms with E-state index in [1.54, 1.807) is 0 Å². The van der Waals surface area contributed by atoms with E-state index in [1.165, 1.54) is 0 Å². The molecule has 6 heteroatoms. The Morgan fingerprint density at radius 1 is 1.45 bits per heavy atom. The quantitative estimate of drug-likeness (QED) is 0.381. The molecule has 0 aliphatic carbocycles. The van der Waals surface area contributed by atoms with Gasteiger partial charge in [-0.15, -0.1) is 0 Å². The first-order chi connectivity index (χ1) is 4.79. The molecular weight excluding hydrogens is 211 g/mol. The Bertz CT molecular complexity index is 127. The molecule has 0 radical (unpaired) electrons. The molecule has 0 bridgehead atoms. The molecule has 0 amide bonds. The Balaban J connectivity index is 0.000001000. The van der Waals surface area contributed by atoms with Crippen molar-refractivity contribution in [2.75, 3.05) is 20.0 Å². The van der Waals surface area contributed by atoms with Crippen molar-refractivity contribution in [3.8, 4) is 0 Å². The first-order valence-corrected chi connectivity index (χ1v) is 3.69. The Labute approximate surface area is 119 Å². The molecule has 0 aromatic carbocycles. The van der Waals surface area contributed by atoms with Crippen LogP contribution in [0.1, 0.15) is 0 Å². The van der Waals surface area contributed by atoms with Crippen LogP contribution >= 0.6 is 24.8 Å². The van der Waals surface area contributed by atoms with E-state index in [9.17, 15) is 0 Å². The number of rotatable bonds is 1. The number of thiocarbonyl (C=S) groups is 1. The van der Waals surface area contributed by atoms with Crippen molar-refractivity contribution in [2.45, 2.75) is 6.10 Å². The third-order valence-electron chi connectivity index (χ3n) is 1.04. The van der Waals surface area contributed by atoms with E-state index in [1.807, 2.05) is 0 Å². The first-order valence-electron chi connectivity index (χ1n) is 2.84. The number of hydrogen-bond acceptors (Lipinski definition) is 4. The first kappa shape index (κ1) is 12.8. The Morgan fingerprint density at radius 2 is 2.00 bits per heavy atom. The summed E-state index contributed by atoms with van der Waals surface area (Å²) < 4.78 is 15.2. The molecule has 60 valence electrons. The van der Waals surface area contributed by atoms with Gasteiger partial charge in [0.25, 0.3) is 0 Å². The van der Waals surface area contributed by atoms with Crippen molar-refractivity contribution >= 4 is 80.6 Å². The third-order valence-corrected chi connectivity index (χ3v) is 1.24. The van der Waals surface area contributed by atoms with Gasteiger partial charge in [-0.1, -0.05) is 12.6 Å². The van der Waals surface area contributed by atoms with Crippen LogP contribution in [0.25, 0.3) is 0 Å². The van der Waals surface area contributed by atoms with E-state index in [0.717, 1.165) is 0 Å². The van der Waals surface area contributed by atoms with Gasteiger partial charge < -0.3 is 14.2 Å². The second kappa shape index (κ2) is 7.22. The SMILES string of the molecule is S=C(S)OC1COCOC1.[KH]. The summed E-state index contributed by atoms with van der Waals surface area (Å²) in [4.78, 5) is 0. The minimum absolute atomic E-state index is 0. The van der Waals surface area contributed by atoms with Crippen molar-refractivity contribution in [3.63, 3.8) is 0 Å². The zero-order chi connectivity index (χ0) is 7.40. The van der Waals surface area contributed by atoms with Gasteiger partial charge in [0.05, 0.1) is 13.2 Å². The van der Waals surface area contributed by atoms with Gasteiger partial charge in [-0.05, 0) is 12.2 Å². The maximum atomic E-state index is 5.04. The molecular formula is C5H9KO3S2. The van der Waals surface area contributed by atoms with Gasteiger partial charge in [0.15, 0.2) is 0 Å². The van der Waals surface area contributed by atoms with E-state index < -0.39 is 0 Å². The fourth-order valence-electron chi connectivity index (χ4n) is 0.677. The molecule has 0 aromatic rings. The van der Waals surface area contributed by atoms with Gasteiger partial charge >= 0.3 is 51.4 Å².